The lowest BCUT2D eigenvalue weighted by Gasteiger charge is -2.04. The van der Waals surface area contributed by atoms with Gasteiger partial charge in [0.1, 0.15) is 0 Å². The summed E-state index contributed by atoms with van der Waals surface area (Å²) in [6.45, 7) is 4.41. The Morgan fingerprint density at radius 1 is 1.08 bits per heavy atom. The minimum Gasteiger partial charge on any atom is -0.290 e. The van der Waals surface area contributed by atoms with Crippen LogP contribution in [-0.2, 0) is 6.54 Å². The highest BCUT2D eigenvalue weighted by atomic mass is 79.9. The third kappa shape index (κ3) is 4.74. The molecule has 0 spiro atoms. The molecule has 0 aliphatic rings. The molecule has 5 heteroatoms. The molecule has 1 aromatic heterocycles. The van der Waals surface area contributed by atoms with E-state index < -0.39 is 0 Å². The lowest BCUT2D eigenvalue weighted by Crippen LogP contribution is -2.37. The zero-order valence-electron chi connectivity index (χ0n) is 14.1. The van der Waals surface area contributed by atoms with Gasteiger partial charge >= 0.3 is 0 Å². The van der Waals surface area contributed by atoms with Crippen molar-refractivity contribution in [3.63, 3.8) is 0 Å². The predicted octanol–water partition coefficient (Wildman–Crippen LogP) is 4.77. The summed E-state index contributed by atoms with van der Waals surface area (Å²) in [6.07, 6.45) is 3.58. The number of aromatic nitrogens is 2. The molecule has 0 N–H and O–H groups in total. The topological polar surface area (TPSA) is 33.8 Å². The third-order valence-corrected chi connectivity index (χ3v) is 4.17. The molecule has 25 heavy (non-hydrogen) atoms. The van der Waals surface area contributed by atoms with Gasteiger partial charge in [0, 0.05) is 22.2 Å². The summed E-state index contributed by atoms with van der Waals surface area (Å²) in [7, 11) is 0. The Morgan fingerprint density at radius 3 is 2.40 bits per heavy atom. The van der Waals surface area contributed by atoms with Crippen LogP contribution in [0.3, 0.4) is 0 Å². The van der Waals surface area contributed by atoms with Crippen molar-refractivity contribution in [2.24, 2.45) is 0 Å². The molecule has 1 heterocycles. The first-order valence-corrected chi connectivity index (χ1v) is 8.12. The number of carbonyl (C=O) groups excluding carboxylic acids is 1. The van der Waals surface area contributed by atoms with E-state index in [9.17, 15) is 4.79 Å². The smallest absolute Gasteiger partial charge is 0.287 e. The van der Waals surface area contributed by atoms with Crippen LogP contribution in [0.1, 0.15) is 21.5 Å². The highest BCUT2D eigenvalue weighted by Gasteiger charge is 2.13. The van der Waals surface area contributed by atoms with Crippen LogP contribution in [-0.4, -0.2) is 10.8 Å². The maximum Gasteiger partial charge on any atom is 0.287 e. The number of hydrogen-bond donors (Lipinski definition) is 0. The van der Waals surface area contributed by atoms with Crippen LogP contribution in [0.25, 0.3) is 11.3 Å². The van der Waals surface area contributed by atoms with Crippen molar-refractivity contribution in [3.05, 3.63) is 82.8 Å². The zero-order chi connectivity index (χ0) is 17.1. The first kappa shape index (κ1) is 19.3. The molecule has 0 saturated carbocycles. The van der Waals surface area contributed by atoms with Gasteiger partial charge in [0.2, 0.25) is 5.78 Å². The molecule has 0 bridgehead atoms. The molecule has 0 fully saturated rings. The molecular formula is C20H19BrClN2O+. The van der Waals surface area contributed by atoms with E-state index in [-0.39, 0.29) is 29.3 Å². The van der Waals surface area contributed by atoms with E-state index in [1.807, 2.05) is 12.3 Å². The molecule has 3 nitrogen and oxygen atoms in total. The number of halogens is 2. The van der Waals surface area contributed by atoms with E-state index in [4.69, 9.17) is 11.6 Å². The minimum atomic E-state index is 0. The summed E-state index contributed by atoms with van der Waals surface area (Å²) < 4.78 is 1.78. The summed E-state index contributed by atoms with van der Waals surface area (Å²) in [5.74, 6) is 0.0257. The molecule has 0 unspecified atom stereocenters. The van der Waals surface area contributed by atoms with Crippen molar-refractivity contribution < 1.29 is 9.36 Å². The minimum absolute atomic E-state index is 0. The average Bonchev–Trinajstić information content (AvgIpc) is 2.56. The van der Waals surface area contributed by atoms with Gasteiger partial charge in [-0.2, -0.15) is 0 Å². The lowest BCUT2D eigenvalue weighted by molar-refractivity contribution is -0.686. The first-order chi connectivity index (χ1) is 11.5. The molecule has 3 aromatic rings. The van der Waals surface area contributed by atoms with Gasteiger partial charge in [0.25, 0.3) is 6.33 Å². The molecule has 0 atom stereocenters. The van der Waals surface area contributed by atoms with Crippen LogP contribution in [0.2, 0.25) is 5.02 Å². The monoisotopic (exact) mass is 417 g/mol. The third-order valence-electron chi connectivity index (χ3n) is 3.92. The standard InChI is InChI=1S/C20H18ClN2O.BrH/c1-14-3-8-18(15(2)11-14)19-9-10-23(13-22-19)12-20(24)16-4-6-17(21)7-5-16;/h3-11,13H,12H2,1-2H3;1H/q+1;. The van der Waals surface area contributed by atoms with Crippen LogP contribution in [0.4, 0.5) is 0 Å². The van der Waals surface area contributed by atoms with Crippen molar-refractivity contribution in [3.8, 4) is 11.3 Å². The number of aryl methyl sites for hydroxylation is 2. The van der Waals surface area contributed by atoms with E-state index in [0.717, 1.165) is 11.3 Å². The van der Waals surface area contributed by atoms with Crippen molar-refractivity contribution in [1.29, 1.82) is 0 Å². The van der Waals surface area contributed by atoms with Gasteiger partial charge in [-0.3, -0.25) is 4.79 Å². The Hall–Kier alpha value is -2.04. The van der Waals surface area contributed by atoms with Crippen LogP contribution in [0.15, 0.2) is 61.1 Å². The van der Waals surface area contributed by atoms with E-state index >= 15 is 0 Å². The van der Waals surface area contributed by atoms with Gasteiger partial charge in [-0.1, -0.05) is 35.4 Å². The highest BCUT2D eigenvalue weighted by molar-refractivity contribution is 8.93. The molecule has 0 aliphatic carbocycles. The average molecular weight is 419 g/mol. The maximum absolute atomic E-state index is 12.3. The summed E-state index contributed by atoms with van der Waals surface area (Å²) in [4.78, 5) is 16.8. The van der Waals surface area contributed by atoms with Crippen molar-refractivity contribution in [2.45, 2.75) is 20.4 Å². The SMILES string of the molecule is Br.Cc1ccc(-c2cc[n+](CC(=O)c3ccc(Cl)cc3)cn2)c(C)c1. The first-order valence-electron chi connectivity index (χ1n) is 7.74. The summed E-state index contributed by atoms with van der Waals surface area (Å²) in [5, 5.41) is 0.624. The Labute approximate surface area is 163 Å². The van der Waals surface area contributed by atoms with Gasteiger partial charge in [-0.25, -0.2) is 4.57 Å². The second-order valence-electron chi connectivity index (χ2n) is 5.87. The van der Waals surface area contributed by atoms with E-state index in [1.165, 1.54) is 11.1 Å². The number of carbonyl (C=O) groups is 1. The van der Waals surface area contributed by atoms with Crippen LogP contribution in [0, 0.1) is 13.8 Å². The number of Topliss-reactive ketones (excluding diaryl/α,β-unsaturated/α-hetero) is 1. The second-order valence-corrected chi connectivity index (χ2v) is 6.30. The van der Waals surface area contributed by atoms with Crippen LogP contribution < -0.4 is 4.57 Å². The normalized spacial score (nSPS) is 10.2. The van der Waals surface area contributed by atoms with Crippen molar-refractivity contribution >= 4 is 34.4 Å². The van der Waals surface area contributed by atoms with Gasteiger partial charge < -0.3 is 0 Å². The molecular weight excluding hydrogens is 400 g/mol. The predicted molar refractivity (Wildman–Crippen MR) is 105 cm³/mol. The number of hydrogen-bond acceptors (Lipinski definition) is 2. The van der Waals surface area contributed by atoms with Crippen LogP contribution >= 0.6 is 28.6 Å². The number of rotatable bonds is 4. The zero-order valence-corrected chi connectivity index (χ0v) is 16.5. The molecule has 128 valence electrons. The molecule has 0 aliphatic heterocycles. The fourth-order valence-corrected chi connectivity index (χ4v) is 2.76. The lowest BCUT2D eigenvalue weighted by atomic mass is 10.0. The highest BCUT2D eigenvalue weighted by Crippen LogP contribution is 2.21. The summed E-state index contributed by atoms with van der Waals surface area (Å²) in [5.41, 5.74) is 5.08. The molecule has 0 radical (unpaired) electrons. The maximum atomic E-state index is 12.3. The Morgan fingerprint density at radius 2 is 1.80 bits per heavy atom. The Bertz CT molecular complexity index is 877. The number of ketones is 1. The van der Waals surface area contributed by atoms with Crippen molar-refractivity contribution in [1.82, 2.24) is 4.98 Å². The van der Waals surface area contributed by atoms with E-state index in [0.29, 0.717) is 10.6 Å². The fraction of sp³-hybridized carbons (Fsp3) is 0.150. The second kappa shape index (κ2) is 8.37. The van der Waals surface area contributed by atoms with Gasteiger partial charge in [0.05, 0.1) is 6.20 Å². The van der Waals surface area contributed by atoms with Gasteiger partial charge in [-0.15, -0.1) is 17.0 Å². The van der Waals surface area contributed by atoms with Gasteiger partial charge in [0.15, 0.2) is 12.2 Å². The molecule has 0 saturated heterocycles. The Balaban J connectivity index is 0.00000225. The Kier molecular flexibility index (Phi) is 6.45. The fourth-order valence-electron chi connectivity index (χ4n) is 2.63. The summed E-state index contributed by atoms with van der Waals surface area (Å²) >= 11 is 5.85. The number of benzene rings is 2. The summed E-state index contributed by atoms with van der Waals surface area (Å²) in [6, 6.07) is 15.2. The number of nitrogens with zero attached hydrogens (tertiary/aromatic N) is 2. The van der Waals surface area contributed by atoms with E-state index in [1.54, 1.807) is 35.2 Å². The quantitative estimate of drug-likeness (QED) is 0.452. The molecule has 2 aromatic carbocycles. The molecule has 0 amide bonds. The van der Waals surface area contributed by atoms with E-state index in [2.05, 4.69) is 37.0 Å². The molecule has 3 rings (SSSR count). The van der Waals surface area contributed by atoms with Crippen LogP contribution in [0.5, 0.6) is 0 Å². The van der Waals surface area contributed by atoms with Gasteiger partial charge in [-0.05, 0) is 48.7 Å². The van der Waals surface area contributed by atoms with Crippen molar-refractivity contribution in [2.75, 3.05) is 0 Å². The largest absolute Gasteiger partial charge is 0.290 e.